The van der Waals surface area contributed by atoms with E-state index in [0.717, 1.165) is 56.9 Å². The van der Waals surface area contributed by atoms with E-state index in [2.05, 4.69) is 15.2 Å². The van der Waals surface area contributed by atoms with Gasteiger partial charge in [-0.15, -0.1) is 0 Å². The lowest BCUT2D eigenvalue weighted by Crippen LogP contribution is -2.39. The van der Waals surface area contributed by atoms with E-state index in [1.807, 2.05) is 12.1 Å². The van der Waals surface area contributed by atoms with Crippen molar-refractivity contribution in [3.63, 3.8) is 0 Å². The van der Waals surface area contributed by atoms with Crippen LogP contribution in [0.4, 0.5) is 0 Å². The maximum atomic E-state index is 12.7. The van der Waals surface area contributed by atoms with E-state index in [9.17, 15) is 8.42 Å². The van der Waals surface area contributed by atoms with Crippen LogP contribution in [-0.2, 0) is 21.3 Å². The van der Waals surface area contributed by atoms with Crippen LogP contribution in [0, 0.1) is 5.92 Å². The lowest BCUT2D eigenvalue weighted by atomic mass is 10.1. The van der Waals surface area contributed by atoms with Crippen LogP contribution in [0.25, 0.3) is 0 Å². The highest BCUT2D eigenvalue weighted by atomic mass is 32.2. The van der Waals surface area contributed by atoms with E-state index in [1.54, 1.807) is 30.6 Å². The van der Waals surface area contributed by atoms with Gasteiger partial charge in [-0.05, 0) is 37.0 Å². The smallest absolute Gasteiger partial charge is 0.243 e. The topological polar surface area (TPSA) is 74.2 Å². The Bertz CT molecular complexity index is 758. The predicted molar refractivity (Wildman–Crippen MR) is 111 cm³/mol. The number of piperidine rings is 1. The minimum atomic E-state index is -3.37. The zero-order chi connectivity index (χ0) is 20.0. The van der Waals surface area contributed by atoms with Crippen molar-refractivity contribution in [3.05, 3.63) is 29.8 Å². The van der Waals surface area contributed by atoms with E-state index in [-0.39, 0.29) is 0 Å². The monoisotopic (exact) mass is 408 g/mol. The number of likely N-dealkylation sites (tertiary alicyclic amines) is 1. The van der Waals surface area contributed by atoms with Gasteiger partial charge in [-0.2, -0.15) is 4.31 Å². The number of sulfonamides is 1. The molecule has 0 aromatic heterocycles. The van der Waals surface area contributed by atoms with Crippen molar-refractivity contribution in [2.24, 2.45) is 10.9 Å². The van der Waals surface area contributed by atoms with Crippen LogP contribution < -0.4 is 5.32 Å². The first-order valence-corrected chi connectivity index (χ1v) is 11.5. The summed E-state index contributed by atoms with van der Waals surface area (Å²) in [6.07, 6.45) is 4.11. The molecular formula is C20H32N4O3S. The van der Waals surface area contributed by atoms with Crippen molar-refractivity contribution in [2.75, 3.05) is 46.9 Å². The van der Waals surface area contributed by atoms with Crippen molar-refractivity contribution in [1.82, 2.24) is 14.5 Å². The molecule has 156 valence electrons. The number of guanidine groups is 1. The summed E-state index contributed by atoms with van der Waals surface area (Å²) in [5, 5.41) is 3.39. The molecule has 1 aromatic carbocycles. The fourth-order valence-corrected chi connectivity index (χ4v) is 5.46. The number of nitrogens with zero attached hydrogens (tertiary/aromatic N) is 3. The summed E-state index contributed by atoms with van der Waals surface area (Å²) in [6, 6.07) is 7.20. The molecule has 2 heterocycles. The van der Waals surface area contributed by atoms with Gasteiger partial charge in [-0.3, -0.25) is 4.99 Å². The van der Waals surface area contributed by atoms with Gasteiger partial charge >= 0.3 is 0 Å². The number of ether oxygens (including phenoxy) is 1. The molecule has 0 spiro atoms. The van der Waals surface area contributed by atoms with Crippen LogP contribution in [0.2, 0.25) is 0 Å². The molecule has 0 amide bonds. The SMILES string of the molecule is CN=C(NCc1ccc(S(=O)(=O)N2CCCCC2)cc1)N1CCC(COC)C1. The largest absolute Gasteiger partial charge is 0.384 e. The molecule has 1 aromatic rings. The zero-order valence-corrected chi connectivity index (χ0v) is 17.7. The molecule has 0 aliphatic carbocycles. The predicted octanol–water partition coefficient (Wildman–Crippen LogP) is 1.90. The fraction of sp³-hybridized carbons (Fsp3) is 0.650. The Balaban J connectivity index is 1.57. The van der Waals surface area contributed by atoms with E-state index in [4.69, 9.17) is 4.74 Å². The molecule has 1 atom stereocenters. The Labute approximate surface area is 168 Å². The first kappa shape index (κ1) is 21.1. The first-order chi connectivity index (χ1) is 13.5. The number of nitrogens with one attached hydrogen (secondary N) is 1. The minimum absolute atomic E-state index is 0.379. The molecular weight excluding hydrogens is 376 g/mol. The molecule has 0 saturated carbocycles. The molecule has 3 rings (SSSR count). The lowest BCUT2D eigenvalue weighted by Gasteiger charge is -2.26. The molecule has 7 nitrogen and oxygen atoms in total. The minimum Gasteiger partial charge on any atom is -0.384 e. The van der Waals surface area contributed by atoms with E-state index in [1.165, 1.54) is 0 Å². The number of aliphatic imine (C=N–C) groups is 1. The van der Waals surface area contributed by atoms with Crippen LogP contribution in [-0.4, -0.2) is 70.5 Å². The second-order valence-corrected chi connectivity index (χ2v) is 9.50. The molecule has 8 heteroatoms. The Morgan fingerprint density at radius 2 is 1.89 bits per heavy atom. The molecule has 2 aliphatic rings. The Kier molecular flexibility index (Phi) is 7.31. The van der Waals surface area contributed by atoms with E-state index < -0.39 is 10.0 Å². The van der Waals surface area contributed by atoms with Gasteiger partial charge in [-0.1, -0.05) is 18.6 Å². The molecule has 2 aliphatic heterocycles. The van der Waals surface area contributed by atoms with Gasteiger partial charge in [0.2, 0.25) is 10.0 Å². The molecule has 0 radical (unpaired) electrons. The lowest BCUT2D eigenvalue weighted by molar-refractivity contribution is 0.157. The van der Waals surface area contributed by atoms with Gasteiger partial charge in [0.05, 0.1) is 11.5 Å². The van der Waals surface area contributed by atoms with Crippen LogP contribution in [0.3, 0.4) is 0 Å². The molecule has 0 bridgehead atoms. The number of hydrogen-bond acceptors (Lipinski definition) is 4. The Hall–Kier alpha value is -1.64. The van der Waals surface area contributed by atoms with E-state index >= 15 is 0 Å². The number of benzene rings is 1. The Morgan fingerprint density at radius 1 is 1.18 bits per heavy atom. The maximum Gasteiger partial charge on any atom is 0.243 e. The highest BCUT2D eigenvalue weighted by Gasteiger charge is 2.26. The van der Waals surface area contributed by atoms with Crippen LogP contribution in [0.1, 0.15) is 31.2 Å². The standard InChI is InChI=1S/C20H32N4O3S/c1-21-20(23-13-10-18(15-23)16-27-2)22-14-17-6-8-19(9-7-17)28(25,26)24-11-4-3-5-12-24/h6-9,18H,3-5,10-16H2,1-2H3,(H,21,22). The van der Waals surface area contributed by atoms with Gasteiger partial charge in [0.1, 0.15) is 0 Å². The summed E-state index contributed by atoms with van der Waals surface area (Å²) in [7, 11) is 0.163. The number of hydrogen-bond donors (Lipinski definition) is 1. The molecule has 1 unspecified atom stereocenters. The second-order valence-electron chi connectivity index (χ2n) is 7.57. The van der Waals surface area contributed by atoms with Gasteiger partial charge in [0.15, 0.2) is 5.96 Å². The van der Waals surface area contributed by atoms with Gasteiger partial charge in [-0.25, -0.2) is 8.42 Å². The average molecular weight is 409 g/mol. The van der Waals surface area contributed by atoms with Crippen molar-refractivity contribution in [2.45, 2.75) is 37.1 Å². The summed E-state index contributed by atoms with van der Waals surface area (Å²) in [6.45, 7) is 4.56. The summed E-state index contributed by atoms with van der Waals surface area (Å²) < 4.78 is 32.4. The normalized spacial score (nSPS) is 21.9. The zero-order valence-electron chi connectivity index (χ0n) is 16.9. The number of rotatable bonds is 6. The van der Waals surface area contributed by atoms with Crippen molar-refractivity contribution in [3.8, 4) is 0 Å². The highest BCUT2D eigenvalue weighted by Crippen LogP contribution is 2.21. The number of methoxy groups -OCH3 is 1. The summed E-state index contributed by atoms with van der Waals surface area (Å²) in [4.78, 5) is 7.01. The highest BCUT2D eigenvalue weighted by molar-refractivity contribution is 7.89. The van der Waals surface area contributed by atoms with Crippen LogP contribution in [0.5, 0.6) is 0 Å². The average Bonchev–Trinajstić information content (AvgIpc) is 3.18. The molecule has 2 saturated heterocycles. The molecule has 2 fully saturated rings. The molecule has 28 heavy (non-hydrogen) atoms. The maximum absolute atomic E-state index is 12.7. The summed E-state index contributed by atoms with van der Waals surface area (Å²) >= 11 is 0. The summed E-state index contributed by atoms with van der Waals surface area (Å²) in [5.74, 6) is 1.42. The fourth-order valence-electron chi connectivity index (χ4n) is 3.94. The van der Waals surface area contributed by atoms with E-state index in [0.29, 0.717) is 30.4 Å². The Morgan fingerprint density at radius 3 is 2.54 bits per heavy atom. The van der Waals surface area contributed by atoms with Crippen molar-refractivity contribution < 1.29 is 13.2 Å². The third-order valence-corrected chi connectivity index (χ3v) is 7.44. The van der Waals surface area contributed by atoms with Crippen molar-refractivity contribution in [1.29, 1.82) is 0 Å². The molecule has 1 N–H and O–H groups in total. The van der Waals surface area contributed by atoms with Gasteiger partial charge < -0.3 is 15.0 Å². The van der Waals surface area contributed by atoms with Gasteiger partial charge in [0.25, 0.3) is 0 Å². The quantitative estimate of drug-likeness (QED) is 0.575. The van der Waals surface area contributed by atoms with Crippen molar-refractivity contribution >= 4 is 16.0 Å². The third kappa shape index (κ3) is 5.04. The third-order valence-electron chi connectivity index (χ3n) is 5.53. The van der Waals surface area contributed by atoms with Gasteiger partial charge in [0, 0.05) is 52.8 Å². The first-order valence-electron chi connectivity index (χ1n) is 10.1. The summed E-state index contributed by atoms with van der Waals surface area (Å²) in [5.41, 5.74) is 1.03. The van der Waals surface area contributed by atoms with Crippen LogP contribution in [0.15, 0.2) is 34.2 Å². The van der Waals surface area contributed by atoms with Crippen LogP contribution >= 0.6 is 0 Å². The second kappa shape index (κ2) is 9.71.